The van der Waals surface area contributed by atoms with Crippen LogP contribution in [0.3, 0.4) is 0 Å². The Morgan fingerprint density at radius 1 is 0.712 bits per heavy atom. The molecule has 0 aromatic heterocycles. The average Bonchev–Trinajstić information content (AvgIpc) is 3.53. The van der Waals surface area contributed by atoms with Crippen LogP contribution in [0, 0.1) is 0 Å². The summed E-state index contributed by atoms with van der Waals surface area (Å²) >= 11 is 2.74. The Bertz CT molecular complexity index is 2120. The summed E-state index contributed by atoms with van der Waals surface area (Å²) in [6.07, 6.45) is 0. The number of benzene rings is 3. The number of carbonyl (C=O) groups is 5. The smallest absolute Gasteiger partial charge is 0.345 e. The number of ether oxygens (including phenoxy) is 5. The van der Waals surface area contributed by atoms with Gasteiger partial charge in [0.05, 0.1) is 51.3 Å². The molecule has 0 radical (unpaired) electrons. The lowest BCUT2D eigenvalue weighted by atomic mass is 9.83. The molecule has 270 valence electrons. The Labute approximate surface area is 313 Å². The molecule has 0 saturated carbocycles. The fourth-order valence-electron chi connectivity index (χ4n) is 6.44. The number of thioether (sulfide) groups is 3. The van der Waals surface area contributed by atoms with Crippen molar-refractivity contribution < 1.29 is 47.7 Å². The molecule has 0 bridgehead atoms. The van der Waals surface area contributed by atoms with Crippen LogP contribution in [0.15, 0.2) is 85.9 Å². The lowest BCUT2D eigenvalue weighted by Gasteiger charge is -2.50. The number of rotatable bonds is 8. The second-order valence-electron chi connectivity index (χ2n) is 12.1. The van der Waals surface area contributed by atoms with Crippen LogP contribution >= 0.6 is 35.3 Å². The van der Waals surface area contributed by atoms with Gasteiger partial charge in [0, 0.05) is 21.6 Å². The van der Waals surface area contributed by atoms with Crippen molar-refractivity contribution in [2.45, 2.75) is 37.3 Å². The highest BCUT2D eigenvalue weighted by Crippen LogP contribution is 2.71. The van der Waals surface area contributed by atoms with Crippen LogP contribution in [0.1, 0.15) is 43.6 Å². The van der Waals surface area contributed by atoms with Crippen molar-refractivity contribution in [3.63, 3.8) is 0 Å². The molecule has 0 aliphatic carbocycles. The van der Waals surface area contributed by atoms with Crippen molar-refractivity contribution in [1.82, 2.24) is 0 Å². The van der Waals surface area contributed by atoms with Crippen LogP contribution in [0.4, 0.5) is 5.69 Å². The van der Waals surface area contributed by atoms with Gasteiger partial charge in [-0.15, -0.1) is 0 Å². The van der Waals surface area contributed by atoms with E-state index in [2.05, 4.69) is 0 Å². The fraction of sp³-hybridized carbons (Fsp3) is 0.289. The highest BCUT2D eigenvalue weighted by atomic mass is 32.2. The first-order valence-corrected chi connectivity index (χ1v) is 18.7. The van der Waals surface area contributed by atoms with Crippen LogP contribution in [-0.2, 0) is 38.1 Å². The lowest BCUT2D eigenvalue weighted by Crippen LogP contribution is -2.53. The molecule has 1 amide bonds. The lowest BCUT2D eigenvalue weighted by molar-refractivity contribution is -0.141. The first-order chi connectivity index (χ1) is 24.9. The monoisotopic (exact) mass is 761 g/mol. The average molecular weight is 762 g/mol. The van der Waals surface area contributed by atoms with Crippen molar-refractivity contribution in [3.8, 4) is 5.75 Å². The van der Waals surface area contributed by atoms with E-state index in [1.165, 1.54) is 21.3 Å². The Hall–Kier alpha value is -4.66. The predicted molar refractivity (Wildman–Crippen MR) is 202 cm³/mol. The topological polar surface area (TPSA) is 135 Å². The van der Waals surface area contributed by atoms with Crippen LogP contribution in [0.2, 0.25) is 0 Å². The molecule has 1 spiro atoms. The van der Waals surface area contributed by atoms with Crippen molar-refractivity contribution in [1.29, 1.82) is 0 Å². The quantitative estimate of drug-likeness (QED) is 0.175. The van der Waals surface area contributed by atoms with E-state index in [1.807, 2.05) is 50.2 Å². The first-order valence-electron chi connectivity index (χ1n) is 16.2. The highest BCUT2D eigenvalue weighted by molar-refractivity contribution is 8.26. The molecule has 3 aliphatic heterocycles. The molecular formula is C38H35NO10S3. The van der Waals surface area contributed by atoms with E-state index >= 15 is 0 Å². The van der Waals surface area contributed by atoms with Gasteiger partial charge in [-0.3, -0.25) is 9.69 Å². The van der Waals surface area contributed by atoms with E-state index in [4.69, 9.17) is 23.7 Å². The summed E-state index contributed by atoms with van der Waals surface area (Å²) in [7, 11) is 3.85. The van der Waals surface area contributed by atoms with Gasteiger partial charge in [0.1, 0.15) is 24.5 Å². The number of carbonyl (C=O) groups excluding carboxylic acids is 5. The van der Waals surface area contributed by atoms with Crippen molar-refractivity contribution in [3.05, 3.63) is 97.0 Å². The van der Waals surface area contributed by atoms with E-state index in [1.54, 1.807) is 43.0 Å². The maximum Gasteiger partial charge on any atom is 0.345 e. The number of esters is 4. The summed E-state index contributed by atoms with van der Waals surface area (Å²) < 4.78 is 25.3. The van der Waals surface area contributed by atoms with E-state index in [-0.39, 0.29) is 39.4 Å². The van der Waals surface area contributed by atoms with Gasteiger partial charge < -0.3 is 23.7 Å². The molecular weight excluding hydrogens is 727 g/mol. The molecule has 0 unspecified atom stereocenters. The molecule has 6 rings (SSSR count). The molecule has 52 heavy (non-hydrogen) atoms. The van der Waals surface area contributed by atoms with Gasteiger partial charge in [-0.1, -0.05) is 65.6 Å². The first kappa shape index (κ1) is 37.1. The Kier molecular flexibility index (Phi) is 10.3. The number of nitrogens with zero attached hydrogens (tertiary/aromatic N) is 1. The normalized spacial score (nSPS) is 17.1. The zero-order valence-electron chi connectivity index (χ0n) is 29.4. The zero-order valence-corrected chi connectivity index (χ0v) is 31.9. The van der Waals surface area contributed by atoms with Gasteiger partial charge in [0.25, 0.3) is 5.91 Å². The fourth-order valence-corrected chi connectivity index (χ4v) is 11.5. The highest BCUT2D eigenvalue weighted by Gasteiger charge is 2.62. The number of fused-ring (bicyclic) bond motifs is 4. The Morgan fingerprint density at radius 3 is 1.92 bits per heavy atom. The van der Waals surface area contributed by atoms with E-state index in [0.29, 0.717) is 33.0 Å². The van der Waals surface area contributed by atoms with Crippen molar-refractivity contribution in [2.75, 3.05) is 39.4 Å². The SMILES string of the molecule is CCOC(=O)C1=C(C(=O)OCC)C2(SC(C(=O)OC)=C(C(=O)OC)S2)C2=C(S1)C(C)(C)N(C(=O)c1ccc3ccccc3c1)c1ccc(OC)cc12. The number of hydrogen-bond acceptors (Lipinski definition) is 13. The third kappa shape index (κ3) is 5.96. The Balaban J connectivity index is 1.69. The van der Waals surface area contributed by atoms with Crippen LogP contribution in [-0.4, -0.2) is 73.9 Å². The van der Waals surface area contributed by atoms with E-state index in [9.17, 15) is 24.0 Å². The third-order valence-electron chi connectivity index (χ3n) is 8.72. The van der Waals surface area contributed by atoms with Crippen LogP contribution in [0.25, 0.3) is 16.3 Å². The van der Waals surface area contributed by atoms with Crippen molar-refractivity contribution in [2.24, 2.45) is 0 Å². The maximum atomic E-state index is 14.8. The van der Waals surface area contributed by atoms with Gasteiger partial charge in [0.2, 0.25) is 0 Å². The molecule has 3 aliphatic rings. The van der Waals surface area contributed by atoms with E-state index < -0.39 is 33.5 Å². The third-order valence-corrected chi connectivity index (χ3v) is 13.4. The largest absolute Gasteiger partial charge is 0.497 e. The zero-order chi connectivity index (χ0) is 37.5. The number of anilines is 1. The molecule has 0 fully saturated rings. The molecule has 0 N–H and O–H groups in total. The molecule has 14 heteroatoms. The Morgan fingerprint density at radius 2 is 1.33 bits per heavy atom. The second kappa shape index (κ2) is 14.4. The predicted octanol–water partition coefficient (Wildman–Crippen LogP) is 6.86. The summed E-state index contributed by atoms with van der Waals surface area (Å²) in [5, 5.41) is 1.85. The maximum absolute atomic E-state index is 14.8. The van der Waals surface area contributed by atoms with Gasteiger partial charge in [-0.05, 0) is 68.8 Å². The van der Waals surface area contributed by atoms with E-state index in [0.717, 1.165) is 46.1 Å². The summed E-state index contributed by atoms with van der Waals surface area (Å²) in [6.45, 7) is 6.90. The minimum absolute atomic E-state index is 0.00669. The summed E-state index contributed by atoms with van der Waals surface area (Å²) in [6, 6.07) is 18.4. The van der Waals surface area contributed by atoms with Crippen LogP contribution in [0.5, 0.6) is 5.75 Å². The number of amides is 1. The van der Waals surface area contributed by atoms with Gasteiger partial charge in [0.15, 0.2) is 0 Å². The standard InChI is InChI=1S/C38H35NO10S3/c1-8-48-33(41)27-28(36(44)49-9-2)50-31-26(38(27)51-29(34(42)46-6)30(52-38)35(43)47-7)24-19-23(45-5)16-17-25(24)39(37(31,3)4)32(40)22-15-14-20-12-10-11-13-21(20)18-22/h10-19H,8-9H2,1-7H3. The molecule has 3 heterocycles. The van der Waals surface area contributed by atoms with Gasteiger partial charge >= 0.3 is 23.9 Å². The van der Waals surface area contributed by atoms with Crippen molar-refractivity contribution >= 4 is 87.1 Å². The molecule has 0 atom stereocenters. The molecule has 0 saturated heterocycles. The van der Waals surface area contributed by atoms with Crippen LogP contribution < -0.4 is 9.64 Å². The van der Waals surface area contributed by atoms with Gasteiger partial charge in [-0.2, -0.15) is 0 Å². The minimum Gasteiger partial charge on any atom is -0.497 e. The molecule has 11 nitrogen and oxygen atoms in total. The number of methoxy groups -OCH3 is 3. The van der Waals surface area contributed by atoms with Gasteiger partial charge in [-0.25, -0.2) is 19.2 Å². The summed E-state index contributed by atoms with van der Waals surface area (Å²) in [5.74, 6) is -3.24. The molecule has 3 aromatic rings. The second-order valence-corrected chi connectivity index (χ2v) is 15.8. The minimum atomic E-state index is -1.71. The number of hydrogen-bond donors (Lipinski definition) is 0. The molecule has 3 aromatic carbocycles. The summed E-state index contributed by atoms with van der Waals surface area (Å²) in [4.78, 5) is 71.6. The summed E-state index contributed by atoms with van der Waals surface area (Å²) in [5.41, 5.74) is 0.494.